The van der Waals surface area contributed by atoms with Crippen LogP contribution in [0, 0.1) is 46.8 Å². The second-order valence-corrected chi connectivity index (χ2v) is 9.90. The van der Waals surface area contributed by atoms with Crippen molar-refractivity contribution in [3.05, 3.63) is 12.2 Å². The molecule has 2 nitrogen and oxygen atoms in total. The first kappa shape index (κ1) is 15.5. The molecule has 2 heteroatoms. The van der Waals surface area contributed by atoms with Crippen molar-refractivity contribution in [3.63, 3.8) is 0 Å². The van der Waals surface area contributed by atoms with E-state index in [9.17, 15) is 4.79 Å². The van der Waals surface area contributed by atoms with Crippen LogP contribution in [0.15, 0.2) is 12.2 Å². The van der Waals surface area contributed by atoms with Crippen LogP contribution in [-0.4, -0.2) is 12.1 Å². The van der Waals surface area contributed by atoms with Gasteiger partial charge in [0.05, 0.1) is 5.92 Å². The fraction of sp³-hybridized carbons (Fsp3) is 0.864. The molecule has 132 valence electrons. The molecule has 0 aromatic heterocycles. The predicted octanol–water partition coefficient (Wildman–Crippen LogP) is 4.98. The van der Waals surface area contributed by atoms with Crippen molar-refractivity contribution >= 4 is 5.97 Å². The van der Waals surface area contributed by atoms with Crippen LogP contribution in [0.5, 0.6) is 0 Å². The van der Waals surface area contributed by atoms with Gasteiger partial charge >= 0.3 is 5.97 Å². The van der Waals surface area contributed by atoms with E-state index in [-0.39, 0.29) is 23.4 Å². The molecule has 0 aromatic carbocycles. The molecular weight excluding hydrogens is 296 g/mol. The Hall–Kier alpha value is -0.790. The maximum atomic E-state index is 13.0. The molecule has 24 heavy (non-hydrogen) atoms. The quantitative estimate of drug-likeness (QED) is 0.415. The van der Waals surface area contributed by atoms with Crippen LogP contribution in [-0.2, 0) is 9.53 Å². The number of carbonyl (C=O) groups excluding carboxylic acids is 1. The van der Waals surface area contributed by atoms with Crippen LogP contribution in [0.3, 0.4) is 0 Å². The Balaban J connectivity index is 1.27. The number of allylic oxidation sites excluding steroid dienone is 2. The van der Waals surface area contributed by atoms with Crippen LogP contribution < -0.4 is 0 Å². The fourth-order valence-electron chi connectivity index (χ4n) is 7.46. The predicted molar refractivity (Wildman–Crippen MR) is 94.2 cm³/mol. The summed E-state index contributed by atoms with van der Waals surface area (Å²) in [5.41, 5.74) is 0.212. The van der Waals surface area contributed by atoms with Crippen molar-refractivity contribution in [3.8, 4) is 0 Å². The number of hydrogen-bond donors (Lipinski definition) is 0. The van der Waals surface area contributed by atoms with E-state index in [4.69, 9.17) is 4.74 Å². The number of rotatable bonds is 3. The van der Waals surface area contributed by atoms with Crippen LogP contribution in [0.2, 0.25) is 0 Å². The molecule has 5 rings (SSSR count). The molecule has 0 heterocycles. The zero-order valence-corrected chi connectivity index (χ0v) is 15.2. The van der Waals surface area contributed by atoms with E-state index in [2.05, 4.69) is 26.0 Å². The van der Waals surface area contributed by atoms with Gasteiger partial charge < -0.3 is 4.74 Å². The Kier molecular flexibility index (Phi) is 3.45. The Morgan fingerprint density at radius 3 is 2.50 bits per heavy atom. The SMILES string of the molecule is CC(OC(=O)C1CC2CC1C1C3C=CC(C3)C21)C1(C)CCCCC1. The molecule has 5 aliphatic rings. The summed E-state index contributed by atoms with van der Waals surface area (Å²) >= 11 is 0. The van der Waals surface area contributed by atoms with Crippen molar-refractivity contribution in [1.82, 2.24) is 0 Å². The molecule has 4 saturated carbocycles. The lowest BCUT2D eigenvalue weighted by Crippen LogP contribution is -2.40. The molecule has 0 N–H and O–H groups in total. The summed E-state index contributed by atoms with van der Waals surface area (Å²) in [6, 6.07) is 0. The minimum atomic E-state index is 0.0835. The summed E-state index contributed by atoms with van der Waals surface area (Å²) in [5.74, 6) is 5.10. The molecule has 0 aromatic rings. The molecule has 5 aliphatic carbocycles. The second-order valence-electron chi connectivity index (χ2n) is 9.90. The normalized spacial score (nSPS) is 48.5. The lowest BCUT2D eigenvalue weighted by Gasteiger charge is -2.40. The average Bonchev–Trinajstić information content (AvgIpc) is 3.33. The van der Waals surface area contributed by atoms with Gasteiger partial charge in [0.15, 0.2) is 0 Å². The highest BCUT2D eigenvalue weighted by Crippen LogP contribution is 2.67. The number of ether oxygens (including phenoxy) is 1. The van der Waals surface area contributed by atoms with Gasteiger partial charge in [-0.15, -0.1) is 0 Å². The minimum absolute atomic E-state index is 0.0835. The summed E-state index contributed by atoms with van der Waals surface area (Å²) in [6.07, 6.45) is 15.2. The number of carbonyl (C=O) groups is 1. The summed E-state index contributed by atoms with van der Waals surface area (Å²) in [5, 5.41) is 0. The molecule has 0 spiro atoms. The first-order valence-electron chi connectivity index (χ1n) is 10.5. The van der Waals surface area contributed by atoms with E-state index in [1.165, 1.54) is 44.9 Å². The highest BCUT2D eigenvalue weighted by molar-refractivity contribution is 5.74. The summed E-state index contributed by atoms with van der Waals surface area (Å²) < 4.78 is 6.10. The second kappa shape index (κ2) is 5.35. The standard InChI is InChI=1S/C22H32O2/c1-13(22(2)8-4-3-5-9-22)24-21(23)18-12-16-11-17(18)20-15-7-6-14(10-15)19(16)20/h6-7,13-20H,3-5,8-12H2,1-2H3. The van der Waals surface area contributed by atoms with E-state index in [1.54, 1.807) is 0 Å². The van der Waals surface area contributed by atoms with Crippen molar-refractivity contribution in [2.24, 2.45) is 46.8 Å². The van der Waals surface area contributed by atoms with Gasteiger partial charge in [-0.05, 0) is 74.5 Å². The van der Waals surface area contributed by atoms with Gasteiger partial charge in [0.25, 0.3) is 0 Å². The zero-order valence-electron chi connectivity index (χ0n) is 15.2. The summed E-state index contributed by atoms with van der Waals surface area (Å²) in [4.78, 5) is 13.0. The smallest absolute Gasteiger partial charge is 0.309 e. The van der Waals surface area contributed by atoms with E-state index >= 15 is 0 Å². The van der Waals surface area contributed by atoms with Crippen LogP contribution in [0.25, 0.3) is 0 Å². The summed E-state index contributed by atoms with van der Waals surface area (Å²) in [7, 11) is 0. The molecule has 8 unspecified atom stereocenters. The molecule has 0 aliphatic heterocycles. The molecule has 8 atom stereocenters. The molecule has 0 saturated heterocycles. The van der Waals surface area contributed by atoms with E-state index in [0.717, 1.165) is 36.0 Å². The number of fused-ring (bicyclic) bond motifs is 9. The van der Waals surface area contributed by atoms with Gasteiger partial charge in [-0.1, -0.05) is 38.3 Å². The lowest BCUT2D eigenvalue weighted by molar-refractivity contribution is -0.164. The van der Waals surface area contributed by atoms with E-state index in [0.29, 0.717) is 5.92 Å². The van der Waals surface area contributed by atoms with Gasteiger partial charge in [-0.2, -0.15) is 0 Å². The Labute approximate surface area is 146 Å². The van der Waals surface area contributed by atoms with Gasteiger partial charge in [0.1, 0.15) is 6.10 Å². The monoisotopic (exact) mass is 328 g/mol. The Morgan fingerprint density at radius 1 is 1.04 bits per heavy atom. The first-order chi connectivity index (χ1) is 11.6. The third kappa shape index (κ3) is 2.10. The topological polar surface area (TPSA) is 26.3 Å². The van der Waals surface area contributed by atoms with Crippen LogP contribution in [0.1, 0.15) is 65.2 Å². The number of hydrogen-bond acceptors (Lipinski definition) is 2. The maximum absolute atomic E-state index is 13.0. The average molecular weight is 328 g/mol. The molecule has 4 fully saturated rings. The molecular formula is C22H32O2. The molecule has 0 amide bonds. The van der Waals surface area contributed by atoms with E-state index in [1.807, 2.05) is 0 Å². The fourth-order valence-corrected chi connectivity index (χ4v) is 7.46. The maximum Gasteiger partial charge on any atom is 0.309 e. The largest absolute Gasteiger partial charge is 0.462 e. The van der Waals surface area contributed by atoms with Crippen molar-refractivity contribution < 1.29 is 9.53 Å². The third-order valence-electron chi connectivity index (χ3n) is 8.84. The highest BCUT2D eigenvalue weighted by atomic mass is 16.5. The van der Waals surface area contributed by atoms with Gasteiger partial charge in [-0.3, -0.25) is 4.79 Å². The zero-order chi connectivity index (χ0) is 16.5. The third-order valence-corrected chi connectivity index (χ3v) is 8.84. The molecule has 4 bridgehead atoms. The van der Waals surface area contributed by atoms with Crippen molar-refractivity contribution in [1.29, 1.82) is 0 Å². The first-order valence-corrected chi connectivity index (χ1v) is 10.5. The van der Waals surface area contributed by atoms with Gasteiger partial charge in [-0.25, -0.2) is 0 Å². The van der Waals surface area contributed by atoms with E-state index < -0.39 is 0 Å². The van der Waals surface area contributed by atoms with Crippen molar-refractivity contribution in [2.75, 3.05) is 0 Å². The van der Waals surface area contributed by atoms with Crippen molar-refractivity contribution in [2.45, 2.75) is 71.3 Å². The molecule has 0 radical (unpaired) electrons. The van der Waals surface area contributed by atoms with Crippen LogP contribution >= 0.6 is 0 Å². The van der Waals surface area contributed by atoms with Gasteiger partial charge in [0, 0.05) is 5.41 Å². The summed E-state index contributed by atoms with van der Waals surface area (Å²) in [6.45, 7) is 4.49. The Bertz CT molecular complexity index is 558. The Morgan fingerprint density at radius 2 is 1.75 bits per heavy atom. The minimum Gasteiger partial charge on any atom is -0.462 e. The van der Waals surface area contributed by atoms with Gasteiger partial charge in [0.2, 0.25) is 0 Å². The lowest BCUT2D eigenvalue weighted by atomic mass is 9.69. The number of esters is 1. The van der Waals surface area contributed by atoms with Crippen LogP contribution in [0.4, 0.5) is 0 Å². The highest BCUT2D eigenvalue weighted by Gasteiger charge is 2.62.